The Balaban J connectivity index is 2.11. The maximum Gasteiger partial charge on any atom is 0.228 e. The van der Waals surface area contributed by atoms with Crippen LogP contribution in [0.5, 0.6) is 0 Å². The van der Waals surface area contributed by atoms with Crippen molar-refractivity contribution in [1.82, 2.24) is 5.32 Å². The molecule has 2 aromatic rings. The molecule has 2 N–H and O–H groups in total. The molecule has 0 aliphatic carbocycles. The zero-order chi connectivity index (χ0) is 15.1. The second-order valence-corrected chi connectivity index (χ2v) is 5.03. The van der Waals surface area contributed by atoms with E-state index in [-0.39, 0.29) is 24.5 Å². The molecule has 21 heavy (non-hydrogen) atoms. The molecule has 0 aliphatic rings. The number of rotatable bonds is 6. The summed E-state index contributed by atoms with van der Waals surface area (Å²) in [6, 6.07) is 18.9. The molecule has 0 radical (unpaired) electrons. The zero-order valence-electron chi connectivity index (χ0n) is 12.2. The molecule has 0 saturated heterocycles. The number of benzene rings is 2. The van der Waals surface area contributed by atoms with Crippen LogP contribution >= 0.6 is 0 Å². The normalized spacial score (nSPS) is 13.4. The number of hydrogen-bond acceptors (Lipinski definition) is 2. The lowest BCUT2D eigenvalue weighted by Crippen LogP contribution is -2.34. The van der Waals surface area contributed by atoms with Crippen molar-refractivity contribution in [2.45, 2.75) is 25.3 Å². The van der Waals surface area contributed by atoms with Crippen LogP contribution in [0.25, 0.3) is 0 Å². The van der Waals surface area contributed by atoms with Crippen molar-refractivity contribution in [3.8, 4) is 0 Å². The predicted octanol–water partition coefficient (Wildman–Crippen LogP) is 3.03. The minimum Gasteiger partial charge on any atom is -0.394 e. The first-order valence-electron chi connectivity index (χ1n) is 7.27. The monoisotopic (exact) mass is 283 g/mol. The third-order valence-corrected chi connectivity index (χ3v) is 3.63. The summed E-state index contributed by atoms with van der Waals surface area (Å²) in [4.78, 5) is 12.5. The quantitative estimate of drug-likeness (QED) is 0.856. The number of aliphatic hydroxyl groups is 1. The topological polar surface area (TPSA) is 49.3 Å². The fourth-order valence-corrected chi connectivity index (χ4v) is 2.45. The Kier molecular flexibility index (Phi) is 5.52. The van der Waals surface area contributed by atoms with Crippen LogP contribution in [0.4, 0.5) is 0 Å². The Morgan fingerprint density at radius 1 is 1.00 bits per heavy atom. The molecule has 1 amide bonds. The molecule has 0 bridgehead atoms. The van der Waals surface area contributed by atoms with Crippen molar-refractivity contribution in [3.63, 3.8) is 0 Å². The third kappa shape index (κ3) is 3.92. The highest BCUT2D eigenvalue weighted by atomic mass is 16.3. The summed E-state index contributed by atoms with van der Waals surface area (Å²) in [7, 11) is 0. The van der Waals surface area contributed by atoms with Crippen molar-refractivity contribution in [2.24, 2.45) is 0 Å². The maximum absolute atomic E-state index is 12.5. The summed E-state index contributed by atoms with van der Waals surface area (Å²) in [6.07, 6.45) is 0.725. The first-order chi connectivity index (χ1) is 10.3. The number of amides is 1. The summed E-state index contributed by atoms with van der Waals surface area (Å²) in [5.74, 6) is -0.240. The lowest BCUT2D eigenvalue weighted by atomic mass is 9.95. The van der Waals surface area contributed by atoms with Crippen molar-refractivity contribution in [3.05, 3.63) is 71.8 Å². The largest absolute Gasteiger partial charge is 0.394 e. The van der Waals surface area contributed by atoms with Gasteiger partial charge in [0.25, 0.3) is 0 Å². The van der Waals surface area contributed by atoms with Crippen LogP contribution in [0.1, 0.15) is 36.4 Å². The van der Waals surface area contributed by atoms with Gasteiger partial charge in [0, 0.05) is 0 Å². The van der Waals surface area contributed by atoms with E-state index in [0.29, 0.717) is 0 Å². The highest BCUT2D eigenvalue weighted by Crippen LogP contribution is 2.21. The fourth-order valence-electron chi connectivity index (χ4n) is 2.45. The minimum absolute atomic E-state index is 0.0494. The summed E-state index contributed by atoms with van der Waals surface area (Å²) >= 11 is 0. The zero-order valence-corrected chi connectivity index (χ0v) is 12.2. The number of carbonyl (C=O) groups is 1. The Morgan fingerprint density at radius 2 is 1.52 bits per heavy atom. The van der Waals surface area contributed by atoms with Gasteiger partial charge in [0.2, 0.25) is 5.91 Å². The van der Waals surface area contributed by atoms with Crippen LogP contribution in [0, 0.1) is 0 Å². The van der Waals surface area contributed by atoms with Crippen molar-refractivity contribution >= 4 is 5.91 Å². The molecule has 0 saturated carbocycles. The number of carbonyl (C=O) groups excluding carboxylic acids is 1. The van der Waals surface area contributed by atoms with Crippen LogP contribution in [-0.4, -0.2) is 17.6 Å². The van der Waals surface area contributed by atoms with E-state index in [0.717, 1.165) is 17.5 Å². The molecule has 2 rings (SSSR count). The summed E-state index contributed by atoms with van der Waals surface area (Å²) in [5.41, 5.74) is 1.92. The molecule has 2 aromatic carbocycles. The lowest BCUT2D eigenvalue weighted by molar-refractivity contribution is -0.123. The SMILES string of the molecule is CC[C@@H](C(=O)N[C@H](CO)c1ccccc1)c1ccccc1. The van der Waals surface area contributed by atoms with Crippen molar-refractivity contribution in [2.75, 3.05) is 6.61 Å². The third-order valence-electron chi connectivity index (χ3n) is 3.63. The second-order valence-electron chi connectivity index (χ2n) is 5.03. The van der Waals surface area contributed by atoms with Crippen LogP contribution in [0.3, 0.4) is 0 Å². The molecule has 3 nitrogen and oxygen atoms in total. The Bertz CT molecular complexity index is 554. The van der Waals surface area contributed by atoms with Gasteiger partial charge in [-0.3, -0.25) is 4.79 Å². The lowest BCUT2D eigenvalue weighted by Gasteiger charge is -2.21. The standard InChI is InChI=1S/C18H21NO2/c1-2-16(14-9-5-3-6-10-14)18(21)19-17(13-20)15-11-7-4-8-12-15/h3-12,16-17,20H,2,13H2,1H3,(H,19,21)/t16-,17-/m1/s1. The second kappa shape index (κ2) is 7.60. The van der Waals surface area contributed by atoms with Gasteiger partial charge in [-0.1, -0.05) is 67.6 Å². The molecule has 3 heteroatoms. The smallest absolute Gasteiger partial charge is 0.228 e. The molecular weight excluding hydrogens is 262 g/mol. The Morgan fingerprint density at radius 3 is 2.00 bits per heavy atom. The molecule has 0 spiro atoms. The van der Waals surface area contributed by atoms with Gasteiger partial charge in [-0.2, -0.15) is 0 Å². The minimum atomic E-state index is -0.364. The molecule has 0 fully saturated rings. The van der Waals surface area contributed by atoms with Gasteiger partial charge in [0.15, 0.2) is 0 Å². The summed E-state index contributed by atoms with van der Waals surface area (Å²) < 4.78 is 0. The molecule has 110 valence electrons. The molecule has 0 heterocycles. The predicted molar refractivity (Wildman–Crippen MR) is 83.9 cm³/mol. The van der Waals surface area contributed by atoms with Crippen LogP contribution in [0.15, 0.2) is 60.7 Å². The Labute approximate surface area is 125 Å². The molecule has 0 unspecified atom stereocenters. The van der Waals surface area contributed by atoms with Gasteiger partial charge in [0.1, 0.15) is 0 Å². The highest BCUT2D eigenvalue weighted by molar-refractivity contribution is 5.84. The average molecular weight is 283 g/mol. The van der Waals surface area contributed by atoms with E-state index in [1.54, 1.807) is 0 Å². The number of nitrogens with one attached hydrogen (secondary N) is 1. The van der Waals surface area contributed by atoms with Gasteiger partial charge in [-0.15, -0.1) is 0 Å². The summed E-state index contributed by atoms with van der Waals surface area (Å²) in [6.45, 7) is 1.88. The first-order valence-corrected chi connectivity index (χ1v) is 7.27. The van der Waals surface area contributed by atoms with Crippen LogP contribution < -0.4 is 5.32 Å². The van der Waals surface area contributed by atoms with E-state index >= 15 is 0 Å². The number of aliphatic hydroxyl groups excluding tert-OH is 1. The molecule has 2 atom stereocenters. The molecule has 0 aliphatic heterocycles. The first kappa shape index (κ1) is 15.3. The van der Waals surface area contributed by atoms with Crippen LogP contribution in [0.2, 0.25) is 0 Å². The van der Waals surface area contributed by atoms with E-state index < -0.39 is 0 Å². The highest BCUT2D eigenvalue weighted by Gasteiger charge is 2.21. The Hall–Kier alpha value is -2.13. The van der Waals surface area contributed by atoms with E-state index in [9.17, 15) is 9.90 Å². The molecular formula is C18H21NO2. The fraction of sp³-hybridized carbons (Fsp3) is 0.278. The summed E-state index contributed by atoms with van der Waals surface area (Å²) in [5, 5.41) is 12.5. The van der Waals surface area contributed by atoms with Gasteiger partial charge in [-0.05, 0) is 17.5 Å². The van der Waals surface area contributed by atoms with E-state index in [1.807, 2.05) is 67.6 Å². The van der Waals surface area contributed by atoms with E-state index in [2.05, 4.69) is 5.32 Å². The van der Waals surface area contributed by atoms with E-state index in [1.165, 1.54) is 0 Å². The van der Waals surface area contributed by atoms with Gasteiger partial charge >= 0.3 is 0 Å². The van der Waals surface area contributed by atoms with Crippen molar-refractivity contribution < 1.29 is 9.90 Å². The van der Waals surface area contributed by atoms with Gasteiger partial charge < -0.3 is 10.4 Å². The molecule has 0 aromatic heterocycles. The van der Waals surface area contributed by atoms with Gasteiger partial charge in [-0.25, -0.2) is 0 Å². The van der Waals surface area contributed by atoms with Gasteiger partial charge in [0.05, 0.1) is 18.6 Å². The van der Waals surface area contributed by atoms with Crippen molar-refractivity contribution in [1.29, 1.82) is 0 Å². The average Bonchev–Trinajstić information content (AvgIpc) is 2.55. The number of hydrogen-bond donors (Lipinski definition) is 2. The van der Waals surface area contributed by atoms with Crippen LogP contribution in [-0.2, 0) is 4.79 Å². The maximum atomic E-state index is 12.5. The van der Waals surface area contributed by atoms with E-state index in [4.69, 9.17) is 0 Å².